The highest BCUT2D eigenvalue weighted by Gasteiger charge is 2.13. The van der Waals surface area contributed by atoms with Crippen LogP contribution in [0.3, 0.4) is 0 Å². The number of aromatic carboxylic acids is 1. The molecule has 0 unspecified atom stereocenters. The summed E-state index contributed by atoms with van der Waals surface area (Å²) in [6.07, 6.45) is 1.34. The van der Waals surface area contributed by atoms with Gasteiger partial charge in [-0.1, -0.05) is 6.07 Å². The van der Waals surface area contributed by atoms with E-state index in [0.29, 0.717) is 18.9 Å². The van der Waals surface area contributed by atoms with E-state index in [1.54, 1.807) is 6.07 Å². The van der Waals surface area contributed by atoms with Crippen LogP contribution in [0.2, 0.25) is 0 Å². The molecule has 5 nitrogen and oxygen atoms in total. The van der Waals surface area contributed by atoms with Crippen LogP contribution in [0.25, 0.3) is 5.69 Å². The van der Waals surface area contributed by atoms with E-state index in [4.69, 9.17) is 9.84 Å². The van der Waals surface area contributed by atoms with Crippen LogP contribution >= 0.6 is 0 Å². The Morgan fingerprint density at radius 2 is 1.95 bits per heavy atom. The van der Waals surface area contributed by atoms with Crippen molar-refractivity contribution < 1.29 is 14.6 Å². The summed E-state index contributed by atoms with van der Waals surface area (Å²) in [6.45, 7) is 1.11. The number of aromatic nitrogens is 1. The third kappa shape index (κ3) is 2.04. The topological polar surface area (TPSA) is 68.5 Å². The Morgan fingerprint density at radius 3 is 2.74 bits per heavy atom. The Bertz CT molecular complexity index is 718. The third-order valence-electron chi connectivity index (χ3n) is 3.14. The number of carboxylic acid groups (broad SMARTS) is 1. The largest absolute Gasteiger partial charge is 0.478 e. The van der Waals surface area contributed by atoms with Crippen LogP contribution in [-0.2, 0) is 18.0 Å². The molecule has 5 heteroatoms. The van der Waals surface area contributed by atoms with E-state index in [-0.39, 0.29) is 11.1 Å². The van der Waals surface area contributed by atoms with Gasteiger partial charge >= 0.3 is 5.97 Å². The van der Waals surface area contributed by atoms with Crippen LogP contribution < -0.4 is 5.56 Å². The summed E-state index contributed by atoms with van der Waals surface area (Å²) in [7, 11) is 0. The van der Waals surface area contributed by atoms with Crippen molar-refractivity contribution in [1.82, 2.24) is 4.57 Å². The molecule has 1 N–H and O–H groups in total. The number of carboxylic acids is 1. The molecule has 0 amide bonds. The maximum atomic E-state index is 11.8. The SMILES string of the molecule is O=C(O)c1ccc(=O)n(-c2ccc3c(c2)COC3)c1. The van der Waals surface area contributed by atoms with Gasteiger partial charge in [-0.15, -0.1) is 0 Å². The van der Waals surface area contributed by atoms with E-state index in [2.05, 4.69) is 0 Å². The van der Waals surface area contributed by atoms with Crippen molar-refractivity contribution >= 4 is 5.97 Å². The zero-order valence-electron chi connectivity index (χ0n) is 10.00. The Hall–Kier alpha value is -2.40. The molecule has 1 aliphatic heterocycles. The Labute approximate surface area is 108 Å². The summed E-state index contributed by atoms with van der Waals surface area (Å²) < 4.78 is 6.65. The summed E-state index contributed by atoms with van der Waals surface area (Å²) in [5.74, 6) is -1.06. The molecular weight excluding hydrogens is 246 g/mol. The summed E-state index contributed by atoms with van der Waals surface area (Å²) in [5.41, 5.74) is 2.61. The normalized spacial score (nSPS) is 13.3. The third-order valence-corrected chi connectivity index (χ3v) is 3.14. The lowest BCUT2D eigenvalue weighted by atomic mass is 10.1. The summed E-state index contributed by atoms with van der Waals surface area (Å²) in [5, 5.41) is 8.97. The van der Waals surface area contributed by atoms with E-state index < -0.39 is 5.97 Å². The van der Waals surface area contributed by atoms with Crippen molar-refractivity contribution in [2.24, 2.45) is 0 Å². The number of hydrogen-bond acceptors (Lipinski definition) is 3. The smallest absolute Gasteiger partial charge is 0.337 e. The van der Waals surface area contributed by atoms with Crippen LogP contribution in [0.4, 0.5) is 0 Å². The number of benzene rings is 1. The van der Waals surface area contributed by atoms with Crippen molar-refractivity contribution in [2.45, 2.75) is 13.2 Å². The van der Waals surface area contributed by atoms with Gasteiger partial charge in [-0.25, -0.2) is 4.79 Å². The zero-order valence-corrected chi connectivity index (χ0v) is 10.00. The summed E-state index contributed by atoms with van der Waals surface area (Å²) in [6, 6.07) is 8.11. The lowest BCUT2D eigenvalue weighted by Crippen LogP contribution is -2.18. The monoisotopic (exact) mass is 257 g/mol. The highest BCUT2D eigenvalue weighted by molar-refractivity contribution is 5.87. The zero-order chi connectivity index (χ0) is 13.4. The average molecular weight is 257 g/mol. The molecule has 1 aliphatic rings. The van der Waals surface area contributed by atoms with Crippen LogP contribution in [0.1, 0.15) is 21.5 Å². The fourth-order valence-electron chi connectivity index (χ4n) is 2.12. The molecule has 0 radical (unpaired) electrons. The molecule has 0 aliphatic carbocycles. The number of rotatable bonds is 2. The molecule has 0 fully saturated rings. The number of fused-ring (bicyclic) bond motifs is 1. The van der Waals surface area contributed by atoms with Crippen molar-refractivity contribution in [3.8, 4) is 5.69 Å². The fourth-order valence-corrected chi connectivity index (χ4v) is 2.12. The van der Waals surface area contributed by atoms with Gasteiger partial charge in [-0.3, -0.25) is 9.36 Å². The highest BCUT2D eigenvalue weighted by atomic mass is 16.5. The molecule has 0 bridgehead atoms. The van der Waals surface area contributed by atoms with Crippen LogP contribution in [0.15, 0.2) is 41.3 Å². The number of nitrogens with zero attached hydrogens (tertiary/aromatic N) is 1. The minimum Gasteiger partial charge on any atom is -0.478 e. The Balaban J connectivity index is 2.13. The van der Waals surface area contributed by atoms with Crippen LogP contribution in [-0.4, -0.2) is 15.6 Å². The highest BCUT2D eigenvalue weighted by Crippen LogP contribution is 2.22. The van der Waals surface area contributed by atoms with Crippen molar-refractivity contribution in [2.75, 3.05) is 0 Å². The van der Waals surface area contributed by atoms with E-state index >= 15 is 0 Å². The maximum absolute atomic E-state index is 11.8. The minimum atomic E-state index is -1.06. The van der Waals surface area contributed by atoms with Gasteiger partial charge in [0, 0.05) is 18.0 Å². The minimum absolute atomic E-state index is 0.0800. The molecular formula is C14H11NO4. The second-order valence-electron chi connectivity index (χ2n) is 4.38. The van der Waals surface area contributed by atoms with Crippen molar-refractivity contribution in [3.05, 3.63) is 63.6 Å². The second kappa shape index (κ2) is 4.37. The van der Waals surface area contributed by atoms with Gasteiger partial charge in [0.25, 0.3) is 5.56 Å². The molecule has 19 heavy (non-hydrogen) atoms. The van der Waals surface area contributed by atoms with E-state index in [1.807, 2.05) is 12.1 Å². The van der Waals surface area contributed by atoms with Gasteiger partial charge in [-0.2, -0.15) is 0 Å². The quantitative estimate of drug-likeness (QED) is 0.886. The molecule has 96 valence electrons. The van der Waals surface area contributed by atoms with Crippen molar-refractivity contribution in [1.29, 1.82) is 0 Å². The molecule has 2 aromatic rings. The molecule has 2 heterocycles. The number of ether oxygens (including phenoxy) is 1. The van der Waals surface area contributed by atoms with Crippen LogP contribution in [0.5, 0.6) is 0 Å². The Morgan fingerprint density at radius 1 is 1.16 bits per heavy atom. The van der Waals surface area contributed by atoms with Gasteiger partial charge < -0.3 is 9.84 Å². The molecule has 0 saturated carbocycles. The molecule has 0 spiro atoms. The van der Waals surface area contributed by atoms with Gasteiger partial charge in [0.15, 0.2) is 0 Å². The van der Waals surface area contributed by atoms with Gasteiger partial charge in [0.2, 0.25) is 0 Å². The fraction of sp³-hybridized carbons (Fsp3) is 0.143. The maximum Gasteiger partial charge on any atom is 0.337 e. The van der Waals surface area contributed by atoms with E-state index in [0.717, 1.165) is 11.1 Å². The Kier molecular flexibility index (Phi) is 2.68. The van der Waals surface area contributed by atoms with E-state index in [9.17, 15) is 9.59 Å². The molecule has 0 saturated heterocycles. The molecule has 0 atom stereocenters. The van der Waals surface area contributed by atoms with Crippen molar-refractivity contribution in [3.63, 3.8) is 0 Å². The first-order valence-corrected chi connectivity index (χ1v) is 5.81. The molecule has 1 aromatic carbocycles. The average Bonchev–Trinajstić information content (AvgIpc) is 2.86. The van der Waals surface area contributed by atoms with E-state index in [1.165, 1.54) is 22.9 Å². The predicted octanol–water partition coefficient (Wildman–Crippen LogP) is 1.57. The van der Waals surface area contributed by atoms with Crippen LogP contribution in [0, 0.1) is 0 Å². The number of pyridine rings is 1. The first-order valence-electron chi connectivity index (χ1n) is 5.81. The predicted molar refractivity (Wildman–Crippen MR) is 67.5 cm³/mol. The van der Waals surface area contributed by atoms with Gasteiger partial charge in [-0.05, 0) is 29.3 Å². The first kappa shape index (κ1) is 11.7. The van der Waals surface area contributed by atoms with Gasteiger partial charge in [0.1, 0.15) is 0 Å². The molecule has 1 aromatic heterocycles. The lowest BCUT2D eigenvalue weighted by Gasteiger charge is -2.08. The second-order valence-corrected chi connectivity index (χ2v) is 4.38. The standard InChI is InChI=1S/C14H11NO4/c16-13-4-2-9(14(17)18)6-15(13)12-3-1-10-7-19-8-11(10)5-12/h1-6H,7-8H2,(H,17,18). The molecule has 3 rings (SSSR count). The first-order chi connectivity index (χ1) is 9.15. The summed E-state index contributed by atoms with van der Waals surface area (Å²) in [4.78, 5) is 22.8. The number of carbonyl (C=O) groups is 1. The lowest BCUT2D eigenvalue weighted by molar-refractivity contribution is 0.0696. The number of hydrogen-bond donors (Lipinski definition) is 1. The van der Waals surface area contributed by atoms with Gasteiger partial charge in [0.05, 0.1) is 18.8 Å². The summed E-state index contributed by atoms with van der Waals surface area (Å²) >= 11 is 0.